The van der Waals surface area contributed by atoms with Gasteiger partial charge in [0.1, 0.15) is 5.60 Å². The Morgan fingerprint density at radius 2 is 2.27 bits per heavy atom. The molecule has 8 nitrogen and oxygen atoms in total. The van der Waals surface area contributed by atoms with E-state index in [0.717, 1.165) is 18.5 Å². The van der Waals surface area contributed by atoms with E-state index in [1.165, 1.54) is 0 Å². The van der Waals surface area contributed by atoms with Gasteiger partial charge in [0.2, 0.25) is 11.8 Å². The number of nitrogens with zero attached hydrogens (tertiary/aromatic N) is 5. The van der Waals surface area contributed by atoms with Gasteiger partial charge in [-0.2, -0.15) is 5.10 Å². The predicted molar refractivity (Wildman–Crippen MR) is 108 cm³/mol. The van der Waals surface area contributed by atoms with E-state index in [-0.39, 0.29) is 17.9 Å². The summed E-state index contributed by atoms with van der Waals surface area (Å²) in [4.78, 5) is 34.2. The summed E-state index contributed by atoms with van der Waals surface area (Å²) in [5, 5.41) is 4.19. The minimum Gasteiger partial charge on any atom is -0.360 e. The van der Waals surface area contributed by atoms with E-state index in [2.05, 4.69) is 10.1 Å². The van der Waals surface area contributed by atoms with Crippen molar-refractivity contribution < 1.29 is 14.3 Å². The molecule has 5 heterocycles. The second kappa shape index (κ2) is 7.36. The molecule has 0 N–H and O–H groups in total. The summed E-state index contributed by atoms with van der Waals surface area (Å²) < 4.78 is 8.07. The van der Waals surface area contributed by atoms with Crippen molar-refractivity contribution in [3.63, 3.8) is 0 Å². The number of pyridine rings is 1. The van der Waals surface area contributed by atoms with E-state index in [1.54, 1.807) is 35.4 Å². The minimum atomic E-state index is -0.680. The lowest BCUT2D eigenvalue weighted by molar-refractivity contribution is -0.142. The van der Waals surface area contributed by atoms with Crippen molar-refractivity contribution in [3.05, 3.63) is 60.7 Å². The average molecular weight is 407 g/mol. The second-order valence-electron chi connectivity index (χ2n) is 8.34. The summed E-state index contributed by atoms with van der Waals surface area (Å²) in [6.07, 6.45) is 11.6. The molecule has 2 aromatic heterocycles. The lowest BCUT2D eigenvalue weighted by Crippen LogP contribution is -2.45. The van der Waals surface area contributed by atoms with Crippen LogP contribution in [0.2, 0.25) is 0 Å². The monoisotopic (exact) mass is 407 g/mol. The molecule has 0 radical (unpaired) electrons. The molecule has 2 bridgehead atoms. The molecular weight excluding hydrogens is 382 g/mol. The van der Waals surface area contributed by atoms with Crippen LogP contribution < -0.4 is 0 Å². The Morgan fingerprint density at radius 3 is 3.03 bits per heavy atom. The van der Waals surface area contributed by atoms with Gasteiger partial charge in [-0.25, -0.2) is 0 Å². The van der Waals surface area contributed by atoms with E-state index < -0.39 is 17.4 Å². The second-order valence-corrected chi connectivity index (χ2v) is 8.34. The highest BCUT2D eigenvalue weighted by atomic mass is 16.5. The van der Waals surface area contributed by atoms with Crippen LogP contribution in [0.25, 0.3) is 0 Å². The number of hydrogen-bond donors (Lipinski definition) is 0. The normalized spacial score (nSPS) is 28.9. The third kappa shape index (κ3) is 3.11. The zero-order chi connectivity index (χ0) is 20.7. The van der Waals surface area contributed by atoms with Gasteiger partial charge in [-0.1, -0.05) is 18.2 Å². The molecule has 2 saturated heterocycles. The predicted octanol–water partition coefficient (Wildman–Crippen LogP) is 1.11. The number of rotatable bonds is 7. The van der Waals surface area contributed by atoms with E-state index in [1.807, 2.05) is 41.2 Å². The number of aromatic nitrogens is 3. The molecule has 4 atom stereocenters. The molecule has 156 valence electrons. The maximum atomic E-state index is 13.3. The van der Waals surface area contributed by atoms with Crippen molar-refractivity contribution in [1.29, 1.82) is 0 Å². The first-order chi connectivity index (χ1) is 14.6. The highest BCUT2D eigenvalue weighted by Crippen LogP contribution is 2.52. The number of hydrogen-bond acceptors (Lipinski definition) is 5. The van der Waals surface area contributed by atoms with Crippen LogP contribution in [-0.2, 0) is 27.4 Å². The third-order valence-electron chi connectivity index (χ3n) is 6.38. The van der Waals surface area contributed by atoms with E-state index in [4.69, 9.17) is 4.74 Å². The Bertz CT molecular complexity index is 960. The molecule has 3 aliphatic rings. The Labute approximate surface area is 175 Å². The number of amides is 2. The van der Waals surface area contributed by atoms with Crippen molar-refractivity contribution in [3.8, 4) is 0 Å². The first-order valence-electron chi connectivity index (χ1n) is 10.3. The lowest BCUT2D eigenvalue weighted by Gasteiger charge is -2.27. The van der Waals surface area contributed by atoms with Gasteiger partial charge in [-0.05, 0) is 24.1 Å². The number of ether oxygens (including phenoxy) is 1. The molecule has 30 heavy (non-hydrogen) atoms. The third-order valence-corrected chi connectivity index (χ3v) is 6.38. The van der Waals surface area contributed by atoms with Gasteiger partial charge in [0.15, 0.2) is 0 Å². The number of carbonyl (C=O) groups is 2. The standard InChI is InChI=1S/C22H25N5O3/c1-25(10-4-12-27-11-3-9-24-27)20(28)18-17-6-7-22(30-17)15-26(21(29)19(18)22)14-16-5-2-8-23-13-16/h2-3,5-9,11,13,17-19H,4,10,12,14-15H2,1H3/t17-,18-,19-,22-/m0/s1. The topological polar surface area (TPSA) is 80.6 Å². The largest absolute Gasteiger partial charge is 0.360 e. The molecule has 0 aromatic carbocycles. The van der Waals surface area contributed by atoms with Crippen molar-refractivity contribution in [2.45, 2.75) is 31.2 Å². The van der Waals surface area contributed by atoms with Crippen LogP contribution in [0.3, 0.4) is 0 Å². The molecule has 2 fully saturated rings. The average Bonchev–Trinajstić information content (AvgIpc) is 3.51. The summed E-state index contributed by atoms with van der Waals surface area (Å²) >= 11 is 0. The Morgan fingerprint density at radius 1 is 1.37 bits per heavy atom. The van der Waals surface area contributed by atoms with Crippen LogP contribution >= 0.6 is 0 Å². The van der Waals surface area contributed by atoms with Crippen molar-refractivity contribution in [1.82, 2.24) is 24.6 Å². The molecule has 1 spiro atoms. The zero-order valence-corrected chi connectivity index (χ0v) is 16.9. The number of aryl methyl sites for hydroxylation is 1. The fourth-order valence-electron chi connectivity index (χ4n) is 4.97. The molecule has 5 rings (SSSR count). The highest BCUT2D eigenvalue weighted by Gasteiger charge is 2.67. The van der Waals surface area contributed by atoms with Gasteiger partial charge in [-0.3, -0.25) is 19.3 Å². The Hall–Kier alpha value is -3.00. The molecule has 8 heteroatoms. The van der Waals surface area contributed by atoms with Crippen molar-refractivity contribution in [2.75, 3.05) is 20.1 Å². The molecular formula is C22H25N5O3. The molecule has 0 unspecified atom stereocenters. The van der Waals surface area contributed by atoms with Crippen LogP contribution in [-0.4, -0.2) is 68.2 Å². The zero-order valence-electron chi connectivity index (χ0n) is 16.9. The maximum Gasteiger partial charge on any atom is 0.230 e. The summed E-state index contributed by atoms with van der Waals surface area (Å²) in [5.41, 5.74) is 0.291. The lowest BCUT2D eigenvalue weighted by atomic mass is 9.76. The van der Waals surface area contributed by atoms with Gasteiger partial charge in [0.05, 0.1) is 24.5 Å². The number of likely N-dealkylation sites (tertiary alicyclic amines) is 1. The molecule has 0 saturated carbocycles. The molecule has 2 amide bonds. The van der Waals surface area contributed by atoms with Crippen LogP contribution in [0, 0.1) is 11.8 Å². The summed E-state index contributed by atoms with van der Waals surface area (Å²) in [5.74, 6) is -0.941. The van der Waals surface area contributed by atoms with Crippen LogP contribution in [0.1, 0.15) is 12.0 Å². The van der Waals surface area contributed by atoms with Crippen molar-refractivity contribution in [2.24, 2.45) is 11.8 Å². The molecule has 3 aliphatic heterocycles. The van der Waals surface area contributed by atoms with Gasteiger partial charge in [0.25, 0.3) is 0 Å². The van der Waals surface area contributed by atoms with E-state index in [9.17, 15) is 9.59 Å². The van der Waals surface area contributed by atoms with Gasteiger partial charge in [0, 0.05) is 51.5 Å². The summed E-state index contributed by atoms with van der Waals surface area (Å²) in [6.45, 7) is 2.32. The van der Waals surface area contributed by atoms with Gasteiger partial charge in [-0.15, -0.1) is 0 Å². The summed E-state index contributed by atoms with van der Waals surface area (Å²) in [7, 11) is 1.81. The first-order valence-corrected chi connectivity index (χ1v) is 10.3. The van der Waals surface area contributed by atoms with Gasteiger partial charge >= 0.3 is 0 Å². The minimum absolute atomic E-state index is 0.00556. The highest BCUT2D eigenvalue weighted by molar-refractivity contribution is 5.93. The van der Waals surface area contributed by atoms with Crippen molar-refractivity contribution >= 4 is 11.8 Å². The van der Waals surface area contributed by atoms with Crippen LogP contribution in [0.4, 0.5) is 0 Å². The number of carbonyl (C=O) groups excluding carboxylic acids is 2. The smallest absolute Gasteiger partial charge is 0.230 e. The van der Waals surface area contributed by atoms with E-state index >= 15 is 0 Å². The molecule has 2 aromatic rings. The quantitative estimate of drug-likeness (QED) is 0.643. The van der Waals surface area contributed by atoms with Gasteiger partial charge < -0.3 is 14.5 Å². The fraction of sp³-hybridized carbons (Fsp3) is 0.455. The Balaban J connectivity index is 1.27. The van der Waals surface area contributed by atoms with Crippen LogP contribution in [0.5, 0.6) is 0 Å². The first kappa shape index (κ1) is 19.0. The maximum absolute atomic E-state index is 13.3. The molecule has 0 aliphatic carbocycles. The fourth-order valence-corrected chi connectivity index (χ4v) is 4.97. The SMILES string of the molecule is CN(CCCn1cccn1)C(=O)[C@H]1[C@@H]2C=C[C@@]3(CN(Cc4cccnc4)C(=O)[C@H]13)O2. The van der Waals surface area contributed by atoms with Crippen LogP contribution in [0.15, 0.2) is 55.1 Å². The summed E-state index contributed by atoms with van der Waals surface area (Å²) in [6, 6.07) is 5.70. The van der Waals surface area contributed by atoms with E-state index in [0.29, 0.717) is 19.6 Å². The Kier molecular flexibility index (Phi) is 4.66. The number of fused-ring (bicyclic) bond motifs is 1.